The van der Waals surface area contributed by atoms with E-state index in [1.54, 1.807) is 6.07 Å². The Kier molecular flexibility index (Phi) is 5.19. The van der Waals surface area contributed by atoms with Gasteiger partial charge in [0.15, 0.2) is 18.1 Å². The summed E-state index contributed by atoms with van der Waals surface area (Å²) in [6.07, 6.45) is 0. The van der Waals surface area contributed by atoms with Crippen LogP contribution in [0.1, 0.15) is 15.9 Å². The summed E-state index contributed by atoms with van der Waals surface area (Å²) in [4.78, 5) is 22.7. The number of carboxylic acids is 1. The van der Waals surface area contributed by atoms with E-state index in [-0.39, 0.29) is 29.6 Å². The number of carbonyl (C=O) groups is 2. The first kappa shape index (κ1) is 16.4. The van der Waals surface area contributed by atoms with Crippen molar-refractivity contribution in [2.45, 2.75) is 6.92 Å². The predicted molar refractivity (Wildman–Crippen MR) is 82.6 cm³/mol. The van der Waals surface area contributed by atoms with Gasteiger partial charge < -0.3 is 24.7 Å². The van der Waals surface area contributed by atoms with Crippen LogP contribution in [0.3, 0.4) is 0 Å². The zero-order valence-corrected chi connectivity index (χ0v) is 12.8. The van der Waals surface area contributed by atoms with E-state index in [1.807, 2.05) is 25.1 Å². The molecule has 0 saturated heterocycles. The van der Waals surface area contributed by atoms with Crippen molar-refractivity contribution in [3.63, 3.8) is 0 Å². The maximum absolute atomic E-state index is 11.9. The number of amides is 1. The Hall–Kier alpha value is -3.02. The van der Waals surface area contributed by atoms with Gasteiger partial charge in [-0.15, -0.1) is 0 Å². The molecule has 0 aliphatic carbocycles. The molecule has 6 heteroatoms. The summed E-state index contributed by atoms with van der Waals surface area (Å²) in [6.45, 7) is 1.66. The fourth-order valence-corrected chi connectivity index (χ4v) is 1.96. The lowest BCUT2D eigenvalue weighted by Gasteiger charge is -2.13. The number of aromatic carboxylic acids is 1. The number of carboxylic acid groups (broad SMARTS) is 1. The molecule has 0 aliphatic rings. The van der Waals surface area contributed by atoms with Crippen molar-refractivity contribution in [1.82, 2.24) is 0 Å². The Morgan fingerprint density at radius 3 is 2.52 bits per heavy atom. The number of hydrogen-bond acceptors (Lipinski definition) is 5. The third-order valence-electron chi connectivity index (χ3n) is 3.18. The first-order valence-electron chi connectivity index (χ1n) is 6.89. The Balaban J connectivity index is 2.01. The minimum absolute atomic E-state index is 0.0291. The number of benzene rings is 2. The second-order valence-electron chi connectivity index (χ2n) is 4.80. The van der Waals surface area contributed by atoms with Crippen molar-refractivity contribution < 1.29 is 24.2 Å². The highest BCUT2D eigenvalue weighted by Crippen LogP contribution is 2.27. The number of anilines is 1. The molecule has 120 valence electrons. The SMILES string of the molecule is COc1cc(C(=O)[O-])ccc1OCC(=O)Nc1ccccc1C. The van der Waals surface area contributed by atoms with Crippen LogP contribution in [0.2, 0.25) is 0 Å². The summed E-state index contributed by atoms with van der Waals surface area (Å²) in [5, 5.41) is 13.5. The van der Waals surface area contributed by atoms with Crippen LogP contribution in [-0.2, 0) is 4.79 Å². The lowest BCUT2D eigenvalue weighted by atomic mass is 10.2. The Labute approximate surface area is 133 Å². The van der Waals surface area contributed by atoms with Crippen molar-refractivity contribution in [2.75, 3.05) is 19.0 Å². The summed E-state index contributed by atoms with van der Waals surface area (Å²) >= 11 is 0. The molecule has 0 spiro atoms. The van der Waals surface area contributed by atoms with Crippen LogP contribution in [0.4, 0.5) is 5.69 Å². The number of methoxy groups -OCH3 is 1. The quantitative estimate of drug-likeness (QED) is 0.870. The molecule has 1 amide bonds. The topological polar surface area (TPSA) is 87.7 Å². The molecule has 0 unspecified atom stereocenters. The third-order valence-corrected chi connectivity index (χ3v) is 3.18. The molecule has 0 heterocycles. The van der Waals surface area contributed by atoms with Crippen LogP contribution < -0.4 is 19.9 Å². The summed E-state index contributed by atoms with van der Waals surface area (Å²) in [7, 11) is 1.38. The summed E-state index contributed by atoms with van der Waals surface area (Å²) in [6, 6.07) is 11.4. The second-order valence-corrected chi connectivity index (χ2v) is 4.80. The molecule has 2 aromatic rings. The smallest absolute Gasteiger partial charge is 0.262 e. The van der Waals surface area contributed by atoms with Gasteiger partial charge in [-0.1, -0.05) is 18.2 Å². The van der Waals surface area contributed by atoms with E-state index < -0.39 is 5.97 Å². The zero-order chi connectivity index (χ0) is 16.8. The maximum Gasteiger partial charge on any atom is 0.262 e. The molecule has 0 radical (unpaired) electrons. The van der Waals surface area contributed by atoms with E-state index in [4.69, 9.17) is 9.47 Å². The lowest BCUT2D eigenvalue weighted by molar-refractivity contribution is -0.255. The van der Waals surface area contributed by atoms with Gasteiger partial charge in [0.2, 0.25) is 0 Å². The van der Waals surface area contributed by atoms with Gasteiger partial charge in [-0.25, -0.2) is 0 Å². The average molecular weight is 314 g/mol. The van der Waals surface area contributed by atoms with Gasteiger partial charge in [0.1, 0.15) is 0 Å². The van der Waals surface area contributed by atoms with Gasteiger partial charge in [-0.3, -0.25) is 4.79 Å². The van der Waals surface area contributed by atoms with E-state index in [1.165, 1.54) is 25.3 Å². The van der Waals surface area contributed by atoms with Gasteiger partial charge in [-0.2, -0.15) is 0 Å². The summed E-state index contributed by atoms with van der Waals surface area (Å²) in [5.41, 5.74) is 1.62. The number of ether oxygens (including phenoxy) is 2. The second kappa shape index (κ2) is 7.31. The standard InChI is InChI=1S/C17H17NO5/c1-11-5-3-4-6-13(11)18-16(19)10-23-14-8-7-12(17(20)21)9-15(14)22-2/h3-9H,10H2,1-2H3,(H,18,19)(H,20,21)/p-1. The van der Waals surface area contributed by atoms with E-state index in [2.05, 4.69) is 5.32 Å². The minimum atomic E-state index is -1.31. The minimum Gasteiger partial charge on any atom is -0.545 e. The molecule has 0 bridgehead atoms. The number of aryl methyl sites for hydroxylation is 1. The van der Waals surface area contributed by atoms with Crippen LogP contribution in [0, 0.1) is 6.92 Å². The summed E-state index contributed by atoms with van der Waals surface area (Å²) < 4.78 is 10.4. The van der Waals surface area contributed by atoms with Crippen LogP contribution in [0.25, 0.3) is 0 Å². The van der Waals surface area contributed by atoms with Crippen molar-refractivity contribution in [3.05, 3.63) is 53.6 Å². The highest BCUT2D eigenvalue weighted by molar-refractivity contribution is 5.92. The van der Waals surface area contributed by atoms with Crippen LogP contribution in [-0.4, -0.2) is 25.6 Å². The van der Waals surface area contributed by atoms with Crippen molar-refractivity contribution in [3.8, 4) is 11.5 Å². The molecular formula is C17H16NO5-. The molecule has 2 rings (SSSR count). The highest BCUT2D eigenvalue weighted by Gasteiger charge is 2.10. The van der Waals surface area contributed by atoms with Crippen LogP contribution in [0.15, 0.2) is 42.5 Å². The van der Waals surface area contributed by atoms with Gasteiger partial charge >= 0.3 is 0 Å². The van der Waals surface area contributed by atoms with E-state index in [9.17, 15) is 14.7 Å². The fourth-order valence-electron chi connectivity index (χ4n) is 1.96. The Morgan fingerprint density at radius 2 is 1.87 bits per heavy atom. The zero-order valence-electron chi connectivity index (χ0n) is 12.8. The van der Waals surface area contributed by atoms with E-state index in [0.717, 1.165) is 5.56 Å². The highest BCUT2D eigenvalue weighted by atomic mass is 16.5. The Morgan fingerprint density at radius 1 is 1.13 bits per heavy atom. The predicted octanol–water partition coefficient (Wildman–Crippen LogP) is 1.38. The third kappa shape index (κ3) is 4.23. The Bertz CT molecular complexity index is 727. The molecule has 0 atom stereocenters. The first-order valence-corrected chi connectivity index (χ1v) is 6.89. The fraction of sp³-hybridized carbons (Fsp3) is 0.176. The number of nitrogens with one attached hydrogen (secondary N) is 1. The normalized spacial score (nSPS) is 10.0. The van der Waals surface area contributed by atoms with Gasteiger partial charge in [-0.05, 0) is 36.8 Å². The largest absolute Gasteiger partial charge is 0.545 e. The van der Waals surface area contributed by atoms with Gasteiger partial charge in [0.05, 0.1) is 13.1 Å². The van der Waals surface area contributed by atoms with Crippen molar-refractivity contribution in [1.29, 1.82) is 0 Å². The van der Waals surface area contributed by atoms with Crippen molar-refractivity contribution >= 4 is 17.6 Å². The number of carbonyl (C=O) groups excluding carboxylic acids is 2. The number of rotatable bonds is 6. The van der Waals surface area contributed by atoms with E-state index in [0.29, 0.717) is 5.69 Å². The van der Waals surface area contributed by atoms with Crippen LogP contribution >= 0.6 is 0 Å². The average Bonchev–Trinajstić information content (AvgIpc) is 2.54. The van der Waals surface area contributed by atoms with Crippen molar-refractivity contribution in [2.24, 2.45) is 0 Å². The lowest BCUT2D eigenvalue weighted by Crippen LogP contribution is -2.22. The van der Waals surface area contributed by atoms with E-state index >= 15 is 0 Å². The summed E-state index contributed by atoms with van der Waals surface area (Å²) in [5.74, 6) is -1.15. The molecule has 2 aromatic carbocycles. The number of hydrogen-bond donors (Lipinski definition) is 1. The maximum atomic E-state index is 11.9. The molecule has 0 fully saturated rings. The molecule has 0 saturated carbocycles. The molecule has 1 N–H and O–H groups in total. The van der Waals surface area contributed by atoms with Gasteiger partial charge in [0, 0.05) is 11.3 Å². The molecular weight excluding hydrogens is 298 g/mol. The molecule has 23 heavy (non-hydrogen) atoms. The first-order chi connectivity index (χ1) is 11.0. The molecule has 6 nitrogen and oxygen atoms in total. The van der Waals surface area contributed by atoms with Gasteiger partial charge in [0.25, 0.3) is 5.91 Å². The van der Waals surface area contributed by atoms with Crippen LogP contribution in [0.5, 0.6) is 11.5 Å². The monoisotopic (exact) mass is 314 g/mol. The molecule has 0 aromatic heterocycles. The molecule has 0 aliphatic heterocycles. The number of para-hydroxylation sites is 1.